The second kappa shape index (κ2) is 2.64. The molecule has 1 aliphatic rings. The average Bonchev–Trinajstić information content (AvgIpc) is 2.13. The molecule has 1 saturated heterocycles. The topological polar surface area (TPSA) is 38.7 Å². The monoisotopic (exact) mass is 132 g/mol. The molecular weight excluding hydrogens is 120 g/mol. The van der Waals surface area contributed by atoms with Crippen LogP contribution < -0.4 is 0 Å². The Balaban J connectivity index is 2.35. The number of hydrogen-bond acceptors (Lipinski definition) is 3. The van der Waals surface area contributed by atoms with Crippen LogP contribution in [-0.4, -0.2) is 30.7 Å². The Morgan fingerprint density at radius 3 is 2.56 bits per heavy atom. The summed E-state index contributed by atoms with van der Waals surface area (Å²) in [5.41, 5.74) is 0. The van der Waals surface area contributed by atoms with E-state index < -0.39 is 0 Å². The maximum Gasteiger partial charge on any atom is 0.160 e. The van der Waals surface area contributed by atoms with Crippen LogP contribution in [0.1, 0.15) is 13.3 Å². The van der Waals surface area contributed by atoms with E-state index in [1.807, 2.05) is 6.92 Å². The number of aliphatic hydroxyl groups is 1. The third-order valence-corrected chi connectivity index (χ3v) is 1.61. The molecule has 0 aromatic carbocycles. The molecular formula is C6H12O3. The smallest absolute Gasteiger partial charge is 0.160 e. The molecule has 1 rings (SSSR count). The van der Waals surface area contributed by atoms with E-state index >= 15 is 0 Å². The molecule has 1 fully saturated rings. The van der Waals surface area contributed by atoms with Crippen molar-refractivity contribution in [3.63, 3.8) is 0 Å². The van der Waals surface area contributed by atoms with Crippen molar-refractivity contribution in [3.8, 4) is 0 Å². The van der Waals surface area contributed by atoms with Gasteiger partial charge >= 0.3 is 0 Å². The van der Waals surface area contributed by atoms with E-state index in [4.69, 9.17) is 14.6 Å². The van der Waals surface area contributed by atoms with Crippen molar-refractivity contribution in [1.82, 2.24) is 0 Å². The van der Waals surface area contributed by atoms with Gasteiger partial charge in [-0.3, -0.25) is 0 Å². The van der Waals surface area contributed by atoms with Crippen LogP contribution in [0, 0.1) is 0 Å². The zero-order valence-corrected chi connectivity index (χ0v) is 5.70. The third-order valence-electron chi connectivity index (χ3n) is 1.61. The predicted molar refractivity (Wildman–Crippen MR) is 32.0 cm³/mol. The summed E-state index contributed by atoms with van der Waals surface area (Å²) in [6, 6.07) is 0. The van der Waals surface area contributed by atoms with E-state index in [1.54, 1.807) is 7.11 Å². The number of rotatable bonds is 1. The van der Waals surface area contributed by atoms with E-state index in [1.165, 1.54) is 0 Å². The lowest BCUT2D eigenvalue weighted by atomic mass is 10.2. The van der Waals surface area contributed by atoms with Crippen molar-refractivity contribution < 1.29 is 14.6 Å². The maximum atomic E-state index is 9.09. The van der Waals surface area contributed by atoms with Crippen LogP contribution in [-0.2, 0) is 9.47 Å². The molecule has 0 aromatic heterocycles. The van der Waals surface area contributed by atoms with Crippen LogP contribution in [0.25, 0.3) is 0 Å². The molecule has 0 radical (unpaired) electrons. The van der Waals surface area contributed by atoms with Crippen LogP contribution in [0.4, 0.5) is 0 Å². The lowest BCUT2D eigenvalue weighted by molar-refractivity contribution is -0.112. The molecule has 0 amide bonds. The Bertz CT molecular complexity index is 84.3. The van der Waals surface area contributed by atoms with Gasteiger partial charge in [0, 0.05) is 13.5 Å². The fraction of sp³-hybridized carbons (Fsp3) is 1.00. The van der Waals surface area contributed by atoms with Crippen LogP contribution >= 0.6 is 0 Å². The van der Waals surface area contributed by atoms with Gasteiger partial charge in [-0.1, -0.05) is 0 Å². The number of methoxy groups -OCH3 is 1. The molecule has 2 unspecified atom stereocenters. The van der Waals surface area contributed by atoms with Gasteiger partial charge in [-0.15, -0.1) is 0 Å². The molecule has 0 aliphatic carbocycles. The normalized spacial score (nSPS) is 43.7. The van der Waals surface area contributed by atoms with Crippen LogP contribution in [0.15, 0.2) is 0 Å². The van der Waals surface area contributed by atoms with Crippen molar-refractivity contribution in [2.75, 3.05) is 7.11 Å². The molecule has 9 heavy (non-hydrogen) atoms. The van der Waals surface area contributed by atoms with Crippen molar-refractivity contribution in [2.24, 2.45) is 0 Å². The minimum Gasteiger partial charge on any atom is -0.390 e. The van der Waals surface area contributed by atoms with Gasteiger partial charge in [0.05, 0.1) is 12.2 Å². The highest BCUT2D eigenvalue weighted by molar-refractivity contribution is 4.73. The summed E-state index contributed by atoms with van der Waals surface area (Å²) < 4.78 is 10.0. The zero-order chi connectivity index (χ0) is 6.85. The maximum absolute atomic E-state index is 9.09. The summed E-state index contributed by atoms with van der Waals surface area (Å²) in [6.45, 7) is 1.84. The summed E-state index contributed by atoms with van der Waals surface area (Å²) in [4.78, 5) is 0. The Hall–Kier alpha value is -0.120. The second-order valence-corrected chi connectivity index (χ2v) is 2.31. The van der Waals surface area contributed by atoms with Gasteiger partial charge in [-0.2, -0.15) is 0 Å². The van der Waals surface area contributed by atoms with Gasteiger partial charge in [0.25, 0.3) is 0 Å². The molecule has 1 heterocycles. The first-order chi connectivity index (χ1) is 4.24. The summed E-state index contributed by atoms with van der Waals surface area (Å²) in [5.74, 6) is 0. The first-order valence-corrected chi connectivity index (χ1v) is 3.10. The van der Waals surface area contributed by atoms with E-state index in [0.29, 0.717) is 6.42 Å². The number of ether oxygens (including phenoxy) is 2. The van der Waals surface area contributed by atoms with Gasteiger partial charge in [-0.05, 0) is 6.92 Å². The fourth-order valence-corrected chi connectivity index (χ4v) is 0.926. The molecule has 0 aromatic rings. The fourth-order valence-electron chi connectivity index (χ4n) is 0.926. The van der Waals surface area contributed by atoms with Gasteiger partial charge in [0.2, 0.25) is 0 Å². The van der Waals surface area contributed by atoms with Gasteiger partial charge in [0.1, 0.15) is 0 Å². The molecule has 0 spiro atoms. The SMILES string of the molecule is COC1CC(O)[C@H](C)O1. The van der Waals surface area contributed by atoms with Crippen molar-refractivity contribution in [2.45, 2.75) is 31.8 Å². The Morgan fingerprint density at radius 1 is 1.67 bits per heavy atom. The number of aliphatic hydroxyl groups excluding tert-OH is 1. The Labute approximate surface area is 54.6 Å². The van der Waals surface area contributed by atoms with Gasteiger partial charge in [0.15, 0.2) is 6.29 Å². The summed E-state index contributed by atoms with van der Waals surface area (Å²) in [6.07, 6.45) is -0.0302. The molecule has 3 atom stereocenters. The van der Waals surface area contributed by atoms with E-state index in [9.17, 15) is 0 Å². The highest BCUT2D eigenvalue weighted by Crippen LogP contribution is 2.19. The molecule has 1 aliphatic heterocycles. The second-order valence-electron chi connectivity index (χ2n) is 2.31. The van der Waals surface area contributed by atoms with Gasteiger partial charge < -0.3 is 14.6 Å². The van der Waals surface area contributed by atoms with E-state index in [2.05, 4.69) is 0 Å². The Morgan fingerprint density at radius 2 is 2.33 bits per heavy atom. The van der Waals surface area contributed by atoms with Crippen molar-refractivity contribution in [3.05, 3.63) is 0 Å². The van der Waals surface area contributed by atoms with E-state index in [-0.39, 0.29) is 18.5 Å². The van der Waals surface area contributed by atoms with Crippen LogP contribution in [0.3, 0.4) is 0 Å². The van der Waals surface area contributed by atoms with Crippen LogP contribution in [0.5, 0.6) is 0 Å². The van der Waals surface area contributed by atoms with E-state index in [0.717, 1.165) is 0 Å². The quantitative estimate of drug-likeness (QED) is 0.551. The molecule has 1 N–H and O–H groups in total. The summed E-state index contributed by atoms with van der Waals surface area (Å²) in [5, 5.41) is 9.09. The minimum absolute atomic E-state index is 0.0741. The molecule has 0 bridgehead atoms. The molecule has 3 nitrogen and oxygen atoms in total. The summed E-state index contributed by atoms with van der Waals surface area (Å²) >= 11 is 0. The van der Waals surface area contributed by atoms with Crippen molar-refractivity contribution >= 4 is 0 Å². The lowest BCUT2D eigenvalue weighted by Crippen LogP contribution is -2.15. The minimum atomic E-state index is -0.352. The predicted octanol–water partition coefficient (Wildman–Crippen LogP) is 0.129. The Kier molecular flexibility index (Phi) is 2.05. The van der Waals surface area contributed by atoms with Gasteiger partial charge in [-0.25, -0.2) is 0 Å². The summed E-state index contributed by atoms with van der Waals surface area (Å²) in [7, 11) is 1.58. The highest BCUT2D eigenvalue weighted by atomic mass is 16.7. The standard InChI is InChI=1S/C6H12O3/c1-4-5(7)3-6(8-2)9-4/h4-7H,3H2,1-2H3/t4-,5?,6?/m0/s1. The molecule has 54 valence electrons. The average molecular weight is 132 g/mol. The lowest BCUT2D eigenvalue weighted by Gasteiger charge is -2.06. The largest absolute Gasteiger partial charge is 0.390 e. The number of hydrogen-bond donors (Lipinski definition) is 1. The molecule has 0 saturated carbocycles. The first-order valence-electron chi connectivity index (χ1n) is 3.10. The zero-order valence-electron chi connectivity index (χ0n) is 5.70. The van der Waals surface area contributed by atoms with Crippen molar-refractivity contribution in [1.29, 1.82) is 0 Å². The highest BCUT2D eigenvalue weighted by Gasteiger charge is 2.29. The van der Waals surface area contributed by atoms with Crippen LogP contribution in [0.2, 0.25) is 0 Å². The third kappa shape index (κ3) is 1.41. The first kappa shape index (κ1) is 6.99. The molecule has 3 heteroatoms.